The van der Waals surface area contributed by atoms with Crippen LogP contribution in [0.15, 0.2) is 48.5 Å². The van der Waals surface area contributed by atoms with Gasteiger partial charge in [-0.25, -0.2) is 4.79 Å². The monoisotopic (exact) mass is 354 g/mol. The van der Waals surface area contributed by atoms with Crippen molar-refractivity contribution in [3.05, 3.63) is 48.5 Å². The van der Waals surface area contributed by atoms with E-state index in [0.29, 0.717) is 0 Å². The zero-order chi connectivity index (χ0) is 18.9. The first-order valence-corrected chi connectivity index (χ1v) is 9.40. The number of carbonyl (C=O) groups excluding carboxylic acids is 1. The van der Waals surface area contributed by atoms with Gasteiger partial charge >= 0.3 is 6.03 Å². The van der Waals surface area contributed by atoms with Gasteiger partial charge in [0.15, 0.2) is 0 Å². The molecule has 5 heteroatoms. The van der Waals surface area contributed by atoms with Gasteiger partial charge in [-0.05, 0) is 52.0 Å². The van der Waals surface area contributed by atoms with Crippen molar-refractivity contribution in [2.45, 2.75) is 27.7 Å². The number of carbonyl (C=O) groups is 1. The Morgan fingerprint density at radius 1 is 0.692 bits per heavy atom. The van der Waals surface area contributed by atoms with Crippen molar-refractivity contribution in [2.75, 3.05) is 46.6 Å². The molecule has 0 unspecified atom stereocenters. The van der Waals surface area contributed by atoms with Gasteiger partial charge in [0.25, 0.3) is 0 Å². The summed E-state index contributed by atoms with van der Waals surface area (Å²) in [6, 6.07) is 15.6. The van der Waals surface area contributed by atoms with Crippen LogP contribution in [0.5, 0.6) is 0 Å². The SMILES string of the molecule is CCN(CC)c1ccccc1NC(=O)Nc1ccccc1N(CC)CC. The van der Waals surface area contributed by atoms with Crippen LogP contribution < -0.4 is 20.4 Å². The van der Waals surface area contributed by atoms with Crippen molar-refractivity contribution in [3.63, 3.8) is 0 Å². The second kappa shape index (κ2) is 9.70. The third-order valence-corrected chi connectivity index (χ3v) is 4.51. The Morgan fingerprint density at radius 3 is 1.38 bits per heavy atom. The van der Waals surface area contributed by atoms with Gasteiger partial charge in [0, 0.05) is 26.2 Å². The predicted octanol–water partition coefficient (Wildman–Crippen LogP) is 5.02. The van der Waals surface area contributed by atoms with E-state index in [2.05, 4.69) is 48.1 Å². The number of hydrogen-bond donors (Lipinski definition) is 2. The molecule has 0 aliphatic rings. The molecule has 0 saturated carbocycles. The van der Waals surface area contributed by atoms with Gasteiger partial charge in [-0.3, -0.25) is 0 Å². The number of nitrogens with zero attached hydrogens (tertiary/aromatic N) is 2. The van der Waals surface area contributed by atoms with Crippen LogP contribution in [0, 0.1) is 0 Å². The Kier molecular flexibility index (Phi) is 7.33. The van der Waals surface area contributed by atoms with Gasteiger partial charge in [-0.15, -0.1) is 0 Å². The Labute approximate surface area is 157 Å². The number of urea groups is 1. The van der Waals surface area contributed by atoms with E-state index in [4.69, 9.17) is 0 Å². The topological polar surface area (TPSA) is 47.6 Å². The van der Waals surface area contributed by atoms with E-state index in [0.717, 1.165) is 48.9 Å². The first-order valence-electron chi connectivity index (χ1n) is 9.40. The number of nitrogens with one attached hydrogen (secondary N) is 2. The molecule has 2 aromatic rings. The van der Waals surface area contributed by atoms with E-state index in [1.54, 1.807) is 0 Å². The molecule has 140 valence electrons. The molecule has 0 aliphatic carbocycles. The largest absolute Gasteiger partial charge is 0.370 e. The summed E-state index contributed by atoms with van der Waals surface area (Å²) in [5.74, 6) is 0. The normalized spacial score (nSPS) is 10.3. The maximum absolute atomic E-state index is 12.6. The van der Waals surface area contributed by atoms with E-state index in [1.807, 2.05) is 48.5 Å². The highest BCUT2D eigenvalue weighted by Gasteiger charge is 2.13. The highest BCUT2D eigenvalue weighted by atomic mass is 16.2. The molecule has 0 atom stereocenters. The summed E-state index contributed by atoms with van der Waals surface area (Å²) in [7, 11) is 0. The standard InChI is InChI=1S/C21H30N4O/c1-5-24(6-2)19-15-11-9-13-17(19)22-21(26)23-18-14-10-12-16-20(18)25(7-3)8-4/h9-16H,5-8H2,1-4H3,(H2,22,23,26). The molecule has 0 bridgehead atoms. The molecule has 5 nitrogen and oxygen atoms in total. The molecular weight excluding hydrogens is 324 g/mol. The van der Waals surface area contributed by atoms with E-state index >= 15 is 0 Å². The molecule has 0 aromatic heterocycles. The fourth-order valence-electron chi connectivity index (χ4n) is 3.11. The first-order chi connectivity index (χ1) is 12.6. The summed E-state index contributed by atoms with van der Waals surface area (Å²) in [4.78, 5) is 17.1. The smallest absolute Gasteiger partial charge is 0.323 e. The number of hydrogen-bond acceptors (Lipinski definition) is 3. The Balaban J connectivity index is 2.18. The van der Waals surface area contributed by atoms with E-state index < -0.39 is 0 Å². The van der Waals surface area contributed by atoms with Crippen LogP contribution in [0.2, 0.25) is 0 Å². The highest BCUT2D eigenvalue weighted by molar-refractivity contribution is 6.03. The van der Waals surface area contributed by atoms with Crippen LogP contribution >= 0.6 is 0 Å². The van der Waals surface area contributed by atoms with Crippen LogP contribution in [0.25, 0.3) is 0 Å². The molecule has 0 radical (unpaired) electrons. The van der Waals surface area contributed by atoms with Gasteiger partial charge in [0.05, 0.1) is 22.7 Å². The number of rotatable bonds is 8. The zero-order valence-corrected chi connectivity index (χ0v) is 16.2. The van der Waals surface area contributed by atoms with E-state index in [1.165, 1.54) is 0 Å². The van der Waals surface area contributed by atoms with Crippen molar-refractivity contribution < 1.29 is 4.79 Å². The van der Waals surface area contributed by atoms with Crippen molar-refractivity contribution >= 4 is 28.8 Å². The fourth-order valence-corrected chi connectivity index (χ4v) is 3.11. The average molecular weight is 354 g/mol. The van der Waals surface area contributed by atoms with Gasteiger partial charge in [-0.2, -0.15) is 0 Å². The summed E-state index contributed by atoms with van der Waals surface area (Å²) in [5.41, 5.74) is 3.69. The maximum atomic E-state index is 12.6. The summed E-state index contributed by atoms with van der Waals surface area (Å²) in [6.45, 7) is 12.0. The molecule has 2 N–H and O–H groups in total. The fraction of sp³-hybridized carbons (Fsp3) is 0.381. The number of benzene rings is 2. The molecule has 2 rings (SSSR count). The highest BCUT2D eigenvalue weighted by Crippen LogP contribution is 2.28. The molecule has 0 spiro atoms. The quantitative estimate of drug-likeness (QED) is 0.699. The van der Waals surface area contributed by atoms with Crippen molar-refractivity contribution in [3.8, 4) is 0 Å². The van der Waals surface area contributed by atoms with Crippen LogP contribution in [-0.2, 0) is 0 Å². The number of amides is 2. The van der Waals surface area contributed by atoms with Gasteiger partial charge in [0.1, 0.15) is 0 Å². The van der Waals surface area contributed by atoms with E-state index in [9.17, 15) is 4.79 Å². The van der Waals surface area contributed by atoms with E-state index in [-0.39, 0.29) is 6.03 Å². The average Bonchev–Trinajstić information content (AvgIpc) is 2.66. The lowest BCUT2D eigenvalue weighted by atomic mass is 10.2. The Bertz CT molecular complexity index is 649. The van der Waals surface area contributed by atoms with Crippen LogP contribution in [0.4, 0.5) is 27.5 Å². The molecule has 2 aromatic carbocycles. The number of para-hydroxylation sites is 4. The second-order valence-corrected chi connectivity index (χ2v) is 5.96. The third-order valence-electron chi connectivity index (χ3n) is 4.51. The molecule has 0 heterocycles. The minimum Gasteiger partial charge on any atom is -0.370 e. The lowest BCUT2D eigenvalue weighted by Crippen LogP contribution is -2.27. The third kappa shape index (κ3) is 4.69. The van der Waals surface area contributed by atoms with Crippen LogP contribution in [0.3, 0.4) is 0 Å². The lowest BCUT2D eigenvalue weighted by Gasteiger charge is -2.25. The molecular formula is C21H30N4O. The summed E-state index contributed by atoms with van der Waals surface area (Å²) < 4.78 is 0. The van der Waals surface area contributed by atoms with Crippen molar-refractivity contribution in [1.29, 1.82) is 0 Å². The van der Waals surface area contributed by atoms with Crippen LogP contribution in [0.1, 0.15) is 27.7 Å². The minimum absolute atomic E-state index is 0.232. The van der Waals surface area contributed by atoms with Crippen LogP contribution in [-0.4, -0.2) is 32.2 Å². The minimum atomic E-state index is -0.232. The summed E-state index contributed by atoms with van der Waals surface area (Å²) in [5, 5.41) is 6.00. The molecule has 0 fully saturated rings. The molecule has 0 saturated heterocycles. The Hall–Kier alpha value is -2.69. The van der Waals surface area contributed by atoms with Crippen molar-refractivity contribution in [1.82, 2.24) is 0 Å². The second-order valence-electron chi connectivity index (χ2n) is 5.96. The number of anilines is 4. The van der Waals surface area contributed by atoms with Crippen molar-refractivity contribution in [2.24, 2.45) is 0 Å². The summed E-state index contributed by atoms with van der Waals surface area (Å²) in [6.07, 6.45) is 0. The van der Waals surface area contributed by atoms with Gasteiger partial charge in [0.2, 0.25) is 0 Å². The maximum Gasteiger partial charge on any atom is 0.323 e. The predicted molar refractivity (Wildman–Crippen MR) is 113 cm³/mol. The first kappa shape index (κ1) is 19.6. The zero-order valence-electron chi connectivity index (χ0n) is 16.2. The molecule has 26 heavy (non-hydrogen) atoms. The van der Waals surface area contributed by atoms with Gasteiger partial charge in [-0.1, -0.05) is 24.3 Å². The Morgan fingerprint density at radius 2 is 1.04 bits per heavy atom. The lowest BCUT2D eigenvalue weighted by molar-refractivity contribution is 0.262. The summed E-state index contributed by atoms with van der Waals surface area (Å²) >= 11 is 0. The van der Waals surface area contributed by atoms with Gasteiger partial charge < -0.3 is 20.4 Å². The molecule has 0 aliphatic heterocycles. The molecule has 2 amide bonds.